The van der Waals surface area contributed by atoms with Crippen molar-refractivity contribution in [3.63, 3.8) is 0 Å². The summed E-state index contributed by atoms with van der Waals surface area (Å²) in [5.41, 5.74) is 12.9. The number of benzene rings is 2. The molecule has 2 unspecified atom stereocenters. The van der Waals surface area contributed by atoms with Crippen LogP contribution in [0, 0.1) is 29.6 Å². The van der Waals surface area contributed by atoms with Crippen molar-refractivity contribution < 1.29 is 62.5 Å². The van der Waals surface area contributed by atoms with Gasteiger partial charge in [-0.3, -0.25) is 33.7 Å². The number of nitrogens with zero attached hydrogens (tertiary/aromatic N) is 3. The summed E-state index contributed by atoms with van der Waals surface area (Å²) in [5.74, 6) is -6.02. The first-order chi connectivity index (χ1) is 38.2. The number of anilines is 1. The van der Waals surface area contributed by atoms with Gasteiger partial charge < -0.3 is 67.2 Å². The van der Waals surface area contributed by atoms with Crippen molar-refractivity contribution in [2.45, 2.75) is 168 Å². The molecule has 2 aromatic carbocycles. The minimum Gasteiger partial charge on any atom is -0.480 e. The molecule has 9 amide bonds. The van der Waals surface area contributed by atoms with Crippen molar-refractivity contribution in [2.75, 3.05) is 46.7 Å². The van der Waals surface area contributed by atoms with Gasteiger partial charge in [0, 0.05) is 53.5 Å². The summed E-state index contributed by atoms with van der Waals surface area (Å²) in [4.78, 5) is 125. The molecule has 11 atom stereocenters. The van der Waals surface area contributed by atoms with Gasteiger partial charge in [0.2, 0.25) is 35.4 Å². The molecule has 2 aromatic rings. The van der Waals surface area contributed by atoms with Crippen LogP contribution in [0.3, 0.4) is 0 Å². The summed E-state index contributed by atoms with van der Waals surface area (Å²) in [6, 6.07) is 8.49. The normalized spacial score (nSPS) is 17.0. The lowest BCUT2D eigenvalue weighted by atomic mass is 9.89. The molecule has 0 radical (unpaired) electrons. The van der Waals surface area contributed by atoms with Crippen LogP contribution < -0.4 is 38.1 Å². The molecule has 10 N–H and O–H groups in total. The first-order valence-corrected chi connectivity index (χ1v) is 28.1. The van der Waals surface area contributed by atoms with E-state index in [-0.39, 0.29) is 50.2 Å². The maximum atomic E-state index is 14.7. The number of carboxylic acids is 1. The molecule has 1 aliphatic rings. The number of rotatable bonds is 32. The zero-order valence-corrected chi connectivity index (χ0v) is 49.7. The number of urea groups is 1. The molecule has 1 heterocycles. The Hall–Kier alpha value is -6.85. The average molecular weight is 1140 g/mol. The summed E-state index contributed by atoms with van der Waals surface area (Å²) >= 11 is 0. The van der Waals surface area contributed by atoms with Crippen LogP contribution in [0.15, 0.2) is 54.6 Å². The van der Waals surface area contributed by atoms with Crippen molar-refractivity contribution in [3.05, 3.63) is 65.7 Å². The Balaban J connectivity index is 1.71. The molecule has 1 saturated heterocycles. The molecule has 0 spiro atoms. The van der Waals surface area contributed by atoms with Crippen LogP contribution in [0.25, 0.3) is 0 Å². The van der Waals surface area contributed by atoms with Crippen LogP contribution in [0.2, 0.25) is 0 Å². The number of carboxylic acid groups (broad SMARTS) is 1. The van der Waals surface area contributed by atoms with E-state index in [9.17, 15) is 48.3 Å². The van der Waals surface area contributed by atoms with Gasteiger partial charge in [0.15, 0.2) is 0 Å². The molecule has 23 nitrogen and oxygen atoms in total. The number of methoxy groups -OCH3 is 2. The summed E-state index contributed by atoms with van der Waals surface area (Å²) < 4.78 is 17.6. The van der Waals surface area contributed by atoms with E-state index < -0.39 is 120 Å². The second kappa shape index (κ2) is 33.2. The molecule has 3 rings (SSSR count). The summed E-state index contributed by atoms with van der Waals surface area (Å²) in [7, 11) is 6.01. The van der Waals surface area contributed by atoms with Crippen molar-refractivity contribution in [3.8, 4) is 0 Å². The Kier molecular flexibility index (Phi) is 28.0. The SMILES string of the molecule is CC[C@H](C)[C@@H]([C@@H](CC(=O)N1CCC[C@H]1[C@H](OC)[C@@H](C)C(=O)N[C@@H](Cc1ccccc1)C(=O)O)OC)N(C)C(=O)[C@@H](NC(=O)[C@H](C(C)C)N(C)C(=O)OCc1ccc(NC(=O)C(CCCNC(N)=O)NC(=O)C(N)C(C)C)cc1)C(C)C. The van der Waals surface area contributed by atoms with E-state index in [0.717, 1.165) is 5.56 Å². The second-order valence-electron chi connectivity index (χ2n) is 22.2. The van der Waals surface area contributed by atoms with Crippen LogP contribution in [-0.4, -0.2) is 169 Å². The van der Waals surface area contributed by atoms with Gasteiger partial charge in [-0.25, -0.2) is 14.4 Å². The lowest BCUT2D eigenvalue weighted by molar-refractivity contribution is -0.148. The number of amides is 9. The predicted octanol–water partition coefficient (Wildman–Crippen LogP) is 4.01. The largest absolute Gasteiger partial charge is 0.480 e. The van der Waals surface area contributed by atoms with E-state index in [1.54, 1.807) is 109 Å². The highest BCUT2D eigenvalue weighted by Gasteiger charge is 2.44. The first-order valence-electron chi connectivity index (χ1n) is 28.1. The van der Waals surface area contributed by atoms with E-state index in [1.807, 2.05) is 19.9 Å². The van der Waals surface area contributed by atoms with Crippen LogP contribution in [0.4, 0.5) is 15.3 Å². The number of aliphatic carboxylic acids is 1. The lowest BCUT2D eigenvalue weighted by Crippen LogP contribution is -2.60. The van der Waals surface area contributed by atoms with Gasteiger partial charge in [0.25, 0.3) is 0 Å². The van der Waals surface area contributed by atoms with Crippen molar-refractivity contribution in [1.29, 1.82) is 0 Å². The molecule has 1 aliphatic heterocycles. The number of primary amides is 1. The van der Waals surface area contributed by atoms with Gasteiger partial charge in [0.1, 0.15) is 30.8 Å². The zero-order chi connectivity index (χ0) is 60.8. The maximum absolute atomic E-state index is 14.7. The topological polar surface area (TPSA) is 323 Å². The standard InChI is InChI=1S/C58H92N10O13/c1-14-36(8)49(44(79-12)31-45(69)68-29-19-23-43(68)50(80-13)37(9)51(70)64-42(56(75)76)30-38-20-16-15-17-21-38)66(10)55(74)47(34(4)5)65-54(73)48(35(6)7)67(11)58(78)81-32-39-24-26-40(27-25-39)62-52(71)41(22-18-28-61-57(60)77)63-53(72)46(59)33(2)3/h15-17,20-21,24-27,33-37,41-44,46-50H,14,18-19,22-23,28-32,59H2,1-13H3,(H,62,71)(H,63,72)(H,64,70)(H,65,73)(H,75,76)(H3,60,61,77)/t36-,37+,41?,42-,43-,44+,46?,47-,48-,49-,50+/m0/s1. The first kappa shape index (κ1) is 68.4. The fraction of sp³-hybridized carbons (Fsp3) is 0.638. The highest BCUT2D eigenvalue weighted by atomic mass is 16.6. The third-order valence-corrected chi connectivity index (χ3v) is 15.2. The van der Waals surface area contributed by atoms with E-state index in [1.165, 1.54) is 31.1 Å². The van der Waals surface area contributed by atoms with E-state index in [0.29, 0.717) is 43.5 Å². The van der Waals surface area contributed by atoms with Gasteiger partial charge in [-0.15, -0.1) is 0 Å². The van der Waals surface area contributed by atoms with Gasteiger partial charge in [0.05, 0.1) is 42.7 Å². The minimum absolute atomic E-state index is 0.0857. The summed E-state index contributed by atoms with van der Waals surface area (Å²) in [5, 5.41) is 23.5. The van der Waals surface area contributed by atoms with Gasteiger partial charge in [-0.05, 0) is 72.6 Å². The minimum atomic E-state index is -1.18. The van der Waals surface area contributed by atoms with Crippen LogP contribution in [0.5, 0.6) is 0 Å². The Morgan fingerprint density at radius 2 is 1.38 bits per heavy atom. The highest BCUT2D eigenvalue weighted by molar-refractivity contribution is 5.98. The number of nitrogens with two attached hydrogens (primary N) is 2. The predicted molar refractivity (Wildman–Crippen MR) is 306 cm³/mol. The number of hydrogen-bond donors (Lipinski definition) is 8. The molecule has 23 heteroatoms. The summed E-state index contributed by atoms with van der Waals surface area (Å²) in [6.45, 7) is 16.7. The summed E-state index contributed by atoms with van der Waals surface area (Å²) in [6.07, 6.45) is -0.0803. The maximum Gasteiger partial charge on any atom is 0.410 e. The van der Waals surface area contributed by atoms with Crippen molar-refractivity contribution in [2.24, 2.45) is 41.1 Å². The number of likely N-dealkylation sites (N-methyl/N-ethyl adjacent to an activating group) is 2. The molecular weight excluding hydrogens is 1040 g/mol. The van der Waals surface area contributed by atoms with Crippen LogP contribution in [0.1, 0.15) is 112 Å². The van der Waals surface area contributed by atoms with E-state index in [2.05, 4.69) is 26.6 Å². The van der Waals surface area contributed by atoms with Crippen LogP contribution >= 0.6 is 0 Å². The lowest BCUT2D eigenvalue weighted by Gasteiger charge is -2.41. The third-order valence-electron chi connectivity index (χ3n) is 15.2. The Morgan fingerprint density at radius 1 is 0.753 bits per heavy atom. The van der Waals surface area contributed by atoms with E-state index in [4.69, 9.17) is 25.7 Å². The molecule has 0 aliphatic carbocycles. The molecule has 0 bridgehead atoms. The molecular formula is C58H92N10O13. The molecule has 0 aromatic heterocycles. The second-order valence-corrected chi connectivity index (χ2v) is 22.2. The Labute approximate surface area is 478 Å². The molecule has 81 heavy (non-hydrogen) atoms. The molecule has 1 fully saturated rings. The number of nitrogens with one attached hydrogen (secondary N) is 5. The van der Waals surface area contributed by atoms with Crippen LogP contribution in [-0.2, 0) is 60.8 Å². The number of carbonyl (C=O) groups is 9. The average Bonchev–Trinajstić information content (AvgIpc) is 4.01. The highest BCUT2D eigenvalue weighted by Crippen LogP contribution is 2.30. The third kappa shape index (κ3) is 20.3. The number of likely N-dealkylation sites (tertiary alicyclic amines) is 1. The number of ether oxygens (including phenoxy) is 3. The molecule has 0 saturated carbocycles. The van der Waals surface area contributed by atoms with Crippen molar-refractivity contribution in [1.82, 2.24) is 36.0 Å². The van der Waals surface area contributed by atoms with Gasteiger partial charge in [-0.2, -0.15) is 0 Å². The smallest absolute Gasteiger partial charge is 0.410 e. The fourth-order valence-corrected chi connectivity index (χ4v) is 10.2. The van der Waals surface area contributed by atoms with E-state index >= 15 is 0 Å². The fourth-order valence-electron chi connectivity index (χ4n) is 10.2. The number of hydrogen-bond acceptors (Lipinski definition) is 13. The number of carbonyl (C=O) groups excluding carboxylic acids is 8. The quantitative estimate of drug-likeness (QED) is 0.0481. The van der Waals surface area contributed by atoms with Gasteiger partial charge >= 0.3 is 18.1 Å². The van der Waals surface area contributed by atoms with Crippen molar-refractivity contribution >= 4 is 59.2 Å². The molecule has 452 valence electrons. The van der Waals surface area contributed by atoms with Gasteiger partial charge in [-0.1, -0.05) is 111 Å². The Bertz CT molecular complexity index is 2390. The monoisotopic (exact) mass is 1140 g/mol. The zero-order valence-electron chi connectivity index (χ0n) is 49.7. The Morgan fingerprint density at radius 3 is 1.93 bits per heavy atom.